The second kappa shape index (κ2) is 8.31. The van der Waals surface area contributed by atoms with E-state index in [0.29, 0.717) is 23.3 Å². The van der Waals surface area contributed by atoms with E-state index in [2.05, 4.69) is 0 Å². The van der Waals surface area contributed by atoms with E-state index >= 15 is 0 Å². The van der Waals surface area contributed by atoms with E-state index in [-0.39, 0.29) is 12.6 Å². The van der Waals surface area contributed by atoms with E-state index < -0.39 is 10.0 Å². The summed E-state index contributed by atoms with van der Waals surface area (Å²) in [6, 6.07) is 3.07. The number of hydrogen-bond acceptors (Lipinski definition) is 5. The molecular weight excluding hydrogens is 322 g/mol. The van der Waals surface area contributed by atoms with Crippen LogP contribution in [0.5, 0.6) is 0 Å². The molecule has 0 saturated carbocycles. The zero-order chi connectivity index (χ0) is 15.2. The number of methoxy groups -OCH3 is 2. The molecule has 1 heterocycles. The normalized spacial score (nSPS) is 13.8. The summed E-state index contributed by atoms with van der Waals surface area (Å²) in [6.45, 7) is 2.77. The first-order valence-electron chi connectivity index (χ1n) is 6.11. The molecule has 1 unspecified atom stereocenters. The van der Waals surface area contributed by atoms with Crippen molar-refractivity contribution in [1.29, 1.82) is 0 Å². The molecule has 0 N–H and O–H groups in total. The van der Waals surface area contributed by atoms with Crippen molar-refractivity contribution >= 4 is 33.0 Å². The van der Waals surface area contributed by atoms with Crippen LogP contribution >= 0.6 is 22.9 Å². The van der Waals surface area contributed by atoms with E-state index in [1.165, 1.54) is 15.6 Å². The molecule has 1 aromatic heterocycles. The predicted molar refractivity (Wildman–Crippen MR) is 81.0 cm³/mol. The Kier molecular flexibility index (Phi) is 7.42. The monoisotopic (exact) mass is 341 g/mol. The summed E-state index contributed by atoms with van der Waals surface area (Å²) < 4.78 is 37.1. The molecule has 5 nitrogen and oxygen atoms in total. The fourth-order valence-electron chi connectivity index (χ4n) is 1.77. The van der Waals surface area contributed by atoms with Gasteiger partial charge in [0, 0.05) is 31.7 Å². The Morgan fingerprint density at radius 3 is 2.55 bits per heavy atom. The molecule has 1 aromatic rings. The number of alkyl halides is 1. The highest BCUT2D eigenvalue weighted by Gasteiger charge is 2.30. The van der Waals surface area contributed by atoms with E-state index in [0.717, 1.165) is 4.88 Å². The quantitative estimate of drug-likeness (QED) is 0.646. The average molecular weight is 342 g/mol. The highest BCUT2D eigenvalue weighted by atomic mass is 35.5. The maximum atomic E-state index is 12.7. The van der Waals surface area contributed by atoms with Crippen molar-refractivity contribution in [3.8, 4) is 0 Å². The van der Waals surface area contributed by atoms with Crippen molar-refractivity contribution in [3.63, 3.8) is 0 Å². The molecule has 0 fully saturated rings. The van der Waals surface area contributed by atoms with Crippen molar-refractivity contribution in [3.05, 3.63) is 17.0 Å². The summed E-state index contributed by atoms with van der Waals surface area (Å²) in [7, 11) is -0.457. The smallest absolute Gasteiger partial charge is 0.252 e. The molecule has 0 bridgehead atoms. The average Bonchev–Trinajstić information content (AvgIpc) is 2.88. The van der Waals surface area contributed by atoms with Crippen LogP contribution in [0, 0.1) is 0 Å². The highest BCUT2D eigenvalue weighted by Crippen LogP contribution is 2.27. The van der Waals surface area contributed by atoms with Gasteiger partial charge in [0.05, 0.1) is 19.1 Å². The van der Waals surface area contributed by atoms with Gasteiger partial charge >= 0.3 is 0 Å². The van der Waals surface area contributed by atoms with Gasteiger partial charge in [-0.15, -0.1) is 22.9 Å². The lowest BCUT2D eigenvalue weighted by Gasteiger charge is -2.27. The summed E-state index contributed by atoms with van der Waals surface area (Å²) in [5, 5.41) is 0. The number of thiophene rings is 1. The molecule has 0 spiro atoms. The van der Waals surface area contributed by atoms with Crippen LogP contribution in [0.2, 0.25) is 0 Å². The van der Waals surface area contributed by atoms with Crippen LogP contribution in [-0.4, -0.2) is 52.7 Å². The molecule has 116 valence electrons. The topological polar surface area (TPSA) is 55.8 Å². The number of halogens is 1. The third-order valence-electron chi connectivity index (χ3n) is 2.75. The number of ether oxygens (including phenoxy) is 2. The molecule has 0 saturated heterocycles. The number of nitrogens with zero attached hydrogens (tertiary/aromatic N) is 1. The van der Waals surface area contributed by atoms with Gasteiger partial charge in [-0.05, 0) is 19.1 Å². The molecule has 0 radical (unpaired) electrons. The predicted octanol–water partition coefficient (Wildman–Crippen LogP) is 2.16. The van der Waals surface area contributed by atoms with Crippen molar-refractivity contribution < 1.29 is 17.9 Å². The summed E-state index contributed by atoms with van der Waals surface area (Å²) in [5.74, 6) is 0.311. The number of hydrogen-bond donors (Lipinski definition) is 0. The fraction of sp³-hybridized carbons (Fsp3) is 0.667. The van der Waals surface area contributed by atoms with Crippen LogP contribution in [0.1, 0.15) is 11.8 Å². The third kappa shape index (κ3) is 4.41. The van der Waals surface area contributed by atoms with E-state index in [9.17, 15) is 8.42 Å². The molecule has 0 aromatic carbocycles. The Morgan fingerprint density at radius 1 is 1.35 bits per heavy atom. The SMILES string of the molecule is COCCN(C(C)COC)S(=O)(=O)c1ccc(CCl)s1. The van der Waals surface area contributed by atoms with Gasteiger partial charge in [0.2, 0.25) is 0 Å². The molecule has 1 atom stereocenters. The van der Waals surface area contributed by atoms with Gasteiger partial charge in [-0.1, -0.05) is 0 Å². The number of sulfonamides is 1. The first-order valence-corrected chi connectivity index (χ1v) is 8.90. The molecule has 0 aliphatic carbocycles. The summed E-state index contributed by atoms with van der Waals surface area (Å²) in [5.41, 5.74) is 0. The van der Waals surface area contributed by atoms with Crippen molar-refractivity contribution in [2.24, 2.45) is 0 Å². The Bertz CT molecular complexity index is 503. The van der Waals surface area contributed by atoms with Gasteiger partial charge in [0.1, 0.15) is 4.21 Å². The van der Waals surface area contributed by atoms with Gasteiger partial charge in [-0.2, -0.15) is 4.31 Å². The Hall–Kier alpha value is -0.180. The van der Waals surface area contributed by atoms with Crippen LogP contribution in [-0.2, 0) is 25.4 Å². The Labute approximate surface area is 129 Å². The fourth-order valence-corrected chi connectivity index (χ4v) is 4.96. The minimum absolute atomic E-state index is 0.262. The van der Waals surface area contributed by atoms with Crippen molar-refractivity contribution in [2.45, 2.75) is 23.1 Å². The lowest BCUT2D eigenvalue weighted by atomic mass is 10.3. The molecule has 0 aliphatic heterocycles. The van der Waals surface area contributed by atoms with Crippen LogP contribution in [0.15, 0.2) is 16.3 Å². The van der Waals surface area contributed by atoms with Crippen LogP contribution in [0.3, 0.4) is 0 Å². The highest BCUT2D eigenvalue weighted by molar-refractivity contribution is 7.91. The van der Waals surface area contributed by atoms with Gasteiger partial charge in [0.15, 0.2) is 0 Å². The van der Waals surface area contributed by atoms with Crippen LogP contribution in [0.4, 0.5) is 0 Å². The maximum Gasteiger partial charge on any atom is 0.252 e. The standard InChI is InChI=1S/C12H20ClNO4S2/c1-10(9-18-3)14(6-7-17-2)20(15,16)12-5-4-11(8-13)19-12/h4-5,10H,6-9H2,1-3H3. The van der Waals surface area contributed by atoms with Gasteiger partial charge < -0.3 is 9.47 Å². The largest absolute Gasteiger partial charge is 0.383 e. The van der Waals surface area contributed by atoms with E-state index in [1.807, 2.05) is 6.92 Å². The third-order valence-corrected chi connectivity index (χ3v) is 6.76. The molecule has 8 heteroatoms. The first kappa shape index (κ1) is 17.9. The summed E-state index contributed by atoms with van der Waals surface area (Å²) >= 11 is 6.92. The molecule has 1 rings (SSSR count). The summed E-state index contributed by atoms with van der Waals surface area (Å²) in [4.78, 5) is 0.830. The van der Waals surface area contributed by atoms with Crippen LogP contribution < -0.4 is 0 Å². The number of rotatable bonds is 9. The minimum Gasteiger partial charge on any atom is -0.383 e. The molecule has 0 amide bonds. The molecule has 0 aliphatic rings. The van der Waals surface area contributed by atoms with Gasteiger partial charge in [-0.25, -0.2) is 8.42 Å². The first-order chi connectivity index (χ1) is 9.47. The zero-order valence-corrected chi connectivity index (χ0v) is 14.2. The van der Waals surface area contributed by atoms with E-state index in [4.69, 9.17) is 21.1 Å². The lowest BCUT2D eigenvalue weighted by Crippen LogP contribution is -2.42. The molecular formula is C12H20ClNO4S2. The van der Waals surface area contributed by atoms with Crippen molar-refractivity contribution in [1.82, 2.24) is 4.31 Å². The van der Waals surface area contributed by atoms with E-state index in [1.54, 1.807) is 26.4 Å². The second-order valence-electron chi connectivity index (χ2n) is 4.27. The second-order valence-corrected chi connectivity index (χ2v) is 7.82. The zero-order valence-electron chi connectivity index (χ0n) is 11.8. The Morgan fingerprint density at radius 2 is 2.05 bits per heavy atom. The molecule has 20 heavy (non-hydrogen) atoms. The van der Waals surface area contributed by atoms with Gasteiger partial charge in [0.25, 0.3) is 10.0 Å². The Balaban J connectivity index is 3.02. The lowest BCUT2D eigenvalue weighted by molar-refractivity contribution is 0.119. The minimum atomic E-state index is -3.55. The van der Waals surface area contributed by atoms with Crippen LogP contribution in [0.25, 0.3) is 0 Å². The maximum absolute atomic E-state index is 12.7. The summed E-state index contributed by atoms with van der Waals surface area (Å²) in [6.07, 6.45) is 0. The van der Waals surface area contributed by atoms with Crippen molar-refractivity contribution in [2.75, 3.05) is 34.0 Å². The van der Waals surface area contributed by atoms with Gasteiger partial charge in [-0.3, -0.25) is 0 Å².